The van der Waals surface area contributed by atoms with Crippen LogP contribution in [-0.2, 0) is 4.74 Å². The number of hydrogen-bond donors (Lipinski definition) is 2. The lowest BCUT2D eigenvalue weighted by molar-refractivity contribution is 0.0696. The fraction of sp³-hybridized carbons (Fsp3) is 0.562. The number of aromatic carboxylic acids is 1. The van der Waals surface area contributed by atoms with Crippen LogP contribution in [-0.4, -0.2) is 44.0 Å². The highest BCUT2D eigenvalue weighted by Gasteiger charge is 2.03. The van der Waals surface area contributed by atoms with E-state index in [4.69, 9.17) is 14.6 Å². The zero-order valence-electron chi connectivity index (χ0n) is 12.6. The molecule has 2 N–H and O–H groups in total. The lowest BCUT2D eigenvalue weighted by Crippen LogP contribution is -2.23. The highest BCUT2D eigenvalue weighted by molar-refractivity contribution is 5.87. The zero-order chi connectivity index (χ0) is 15.3. The lowest BCUT2D eigenvalue weighted by Gasteiger charge is -2.08. The maximum Gasteiger partial charge on any atom is 0.335 e. The topological polar surface area (TPSA) is 67.8 Å². The smallest absolute Gasteiger partial charge is 0.335 e. The summed E-state index contributed by atoms with van der Waals surface area (Å²) in [5, 5.41) is 12.1. The molecule has 0 saturated carbocycles. The van der Waals surface area contributed by atoms with Crippen molar-refractivity contribution in [2.24, 2.45) is 0 Å². The lowest BCUT2D eigenvalue weighted by atomic mass is 10.2. The van der Waals surface area contributed by atoms with Gasteiger partial charge in [0.15, 0.2) is 0 Å². The van der Waals surface area contributed by atoms with Crippen molar-refractivity contribution in [2.75, 3.05) is 32.9 Å². The highest BCUT2D eigenvalue weighted by Crippen LogP contribution is 2.12. The Labute approximate surface area is 126 Å². The Morgan fingerprint density at radius 2 is 2.00 bits per heavy atom. The zero-order valence-corrected chi connectivity index (χ0v) is 12.6. The molecule has 0 saturated heterocycles. The Bertz CT molecular complexity index is 409. The van der Waals surface area contributed by atoms with E-state index in [2.05, 4.69) is 12.2 Å². The van der Waals surface area contributed by atoms with Crippen LogP contribution < -0.4 is 10.1 Å². The summed E-state index contributed by atoms with van der Waals surface area (Å²) in [6, 6.07) is 6.52. The van der Waals surface area contributed by atoms with Gasteiger partial charge in [0.25, 0.3) is 0 Å². The molecule has 5 nitrogen and oxygen atoms in total. The molecule has 0 atom stereocenters. The van der Waals surface area contributed by atoms with Crippen molar-refractivity contribution in [1.82, 2.24) is 5.32 Å². The van der Waals surface area contributed by atoms with Gasteiger partial charge in [-0.05, 0) is 37.6 Å². The van der Waals surface area contributed by atoms with Gasteiger partial charge in [-0.25, -0.2) is 4.79 Å². The number of nitrogens with one attached hydrogen (secondary N) is 1. The number of ether oxygens (including phenoxy) is 2. The molecule has 21 heavy (non-hydrogen) atoms. The Balaban J connectivity index is 2.01. The molecule has 1 aromatic rings. The number of benzene rings is 1. The minimum Gasteiger partial charge on any atom is -0.492 e. The number of rotatable bonds is 12. The molecular formula is C16H25NO4. The normalized spacial score (nSPS) is 10.5. The van der Waals surface area contributed by atoms with Crippen LogP contribution in [0, 0.1) is 0 Å². The van der Waals surface area contributed by atoms with E-state index < -0.39 is 5.97 Å². The molecule has 1 rings (SSSR count). The molecule has 0 spiro atoms. The number of hydrogen-bond acceptors (Lipinski definition) is 4. The number of carboxylic acid groups (broad SMARTS) is 1. The van der Waals surface area contributed by atoms with Crippen LogP contribution in [0.4, 0.5) is 0 Å². The fourth-order valence-electron chi connectivity index (χ4n) is 1.73. The van der Waals surface area contributed by atoms with Crippen molar-refractivity contribution < 1.29 is 19.4 Å². The van der Waals surface area contributed by atoms with E-state index in [1.807, 2.05) is 0 Å². The average molecular weight is 295 g/mol. The summed E-state index contributed by atoms with van der Waals surface area (Å²) in [5.41, 5.74) is 0.240. The largest absolute Gasteiger partial charge is 0.492 e. The van der Waals surface area contributed by atoms with Gasteiger partial charge in [-0.2, -0.15) is 0 Å². The van der Waals surface area contributed by atoms with E-state index in [9.17, 15) is 4.79 Å². The van der Waals surface area contributed by atoms with E-state index in [1.54, 1.807) is 18.2 Å². The summed E-state index contributed by atoms with van der Waals surface area (Å²) in [6.07, 6.45) is 3.27. The average Bonchev–Trinajstić information content (AvgIpc) is 2.49. The molecule has 0 heterocycles. The van der Waals surface area contributed by atoms with Gasteiger partial charge in [-0.3, -0.25) is 0 Å². The molecule has 0 aliphatic heterocycles. The Morgan fingerprint density at radius 3 is 2.76 bits per heavy atom. The van der Waals surface area contributed by atoms with Gasteiger partial charge in [0.2, 0.25) is 0 Å². The number of unbranched alkanes of at least 4 members (excludes halogenated alkanes) is 1. The maximum absolute atomic E-state index is 10.8. The van der Waals surface area contributed by atoms with Crippen molar-refractivity contribution in [3.8, 4) is 5.75 Å². The van der Waals surface area contributed by atoms with Crippen LogP contribution in [0.15, 0.2) is 24.3 Å². The van der Waals surface area contributed by atoms with Crippen LogP contribution in [0.1, 0.15) is 36.5 Å². The van der Waals surface area contributed by atoms with Crippen LogP contribution in [0.2, 0.25) is 0 Å². The van der Waals surface area contributed by atoms with Gasteiger partial charge in [0.1, 0.15) is 12.4 Å². The second kappa shape index (κ2) is 11.1. The van der Waals surface area contributed by atoms with Crippen LogP contribution in [0.3, 0.4) is 0 Å². The van der Waals surface area contributed by atoms with Crippen molar-refractivity contribution >= 4 is 5.97 Å². The first kappa shape index (κ1) is 17.5. The molecule has 5 heteroatoms. The fourth-order valence-corrected chi connectivity index (χ4v) is 1.73. The van der Waals surface area contributed by atoms with Gasteiger partial charge >= 0.3 is 5.97 Å². The van der Waals surface area contributed by atoms with Crippen molar-refractivity contribution in [3.05, 3.63) is 29.8 Å². The van der Waals surface area contributed by atoms with Crippen molar-refractivity contribution in [1.29, 1.82) is 0 Å². The maximum atomic E-state index is 10.8. The second-order valence-electron chi connectivity index (χ2n) is 4.75. The standard InChI is InChI=1S/C16H25NO4/c1-2-3-10-20-11-5-8-17-9-12-21-15-7-4-6-14(13-15)16(18)19/h4,6-7,13,17H,2-3,5,8-12H2,1H3,(H,18,19). The third kappa shape index (κ3) is 8.32. The predicted molar refractivity (Wildman–Crippen MR) is 82.1 cm³/mol. The van der Waals surface area contributed by atoms with Crippen LogP contribution in [0.25, 0.3) is 0 Å². The van der Waals surface area contributed by atoms with E-state index in [-0.39, 0.29) is 5.56 Å². The summed E-state index contributed by atoms with van der Waals surface area (Å²) in [4.78, 5) is 10.8. The summed E-state index contributed by atoms with van der Waals surface area (Å²) in [5.74, 6) is -0.360. The molecule has 1 aromatic carbocycles. The van der Waals surface area contributed by atoms with Gasteiger partial charge in [0.05, 0.1) is 5.56 Å². The van der Waals surface area contributed by atoms with Crippen molar-refractivity contribution in [2.45, 2.75) is 26.2 Å². The molecule has 0 aliphatic rings. The van der Waals surface area contributed by atoms with Crippen LogP contribution >= 0.6 is 0 Å². The molecule has 118 valence electrons. The minimum absolute atomic E-state index is 0.240. The molecule has 0 amide bonds. The highest BCUT2D eigenvalue weighted by atomic mass is 16.5. The summed E-state index contributed by atoms with van der Waals surface area (Å²) in [7, 11) is 0. The summed E-state index contributed by atoms with van der Waals surface area (Å²) < 4.78 is 11.0. The van der Waals surface area contributed by atoms with E-state index in [1.165, 1.54) is 12.5 Å². The third-order valence-corrected chi connectivity index (χ3v) is 2.91. The SMILES string of the molecule is CCCCOCCCNCCOc1cccc(C(=O)O)c1. The Hall–Kier alpha value is -1.59. The first-order valence-corrected chi connectivity index (χ1v) is 7.48. The number of carbonyl (C=O) groups is 1. The van der Waals surface area contributed by atoms with Gasteiger partial charge < -0.3 is 19.9 Å². The van der Waals surface area contributed by atoms with Gasteiger partial charge in [-0.1, -0.05) is 19.4 Å². The molecule has 0 bridgehead atoms. The first-order valence-electron chi connectivity index (χ1n) is 7.48. The summed E-state index contributed by atoms with van der Waals surface area (Å²) >= 11 is 0. The molecule has 0 fully saturated rings. The molecule has 0 aliphatic carbocycles. The molecule has 0 unspecified atom stereocenters. The molecular weight excluding hydrogens is 270 g/mol. The van der Waals surface area contributed by atoms with E-state index >= 15 is 0 Å². The van der Waals surface area contributed by atoms with Crippen LogP contribution in [0.5, 0.6) is 5.75 Å². The molecule has 0 aromatic heterocycles. The molecule has 0 radical (unpaired) electrons. The quantitative estimate of drug-likeness (QED) is 0.580. The monoisotopic (exact) mass is 295 g/mol. The predicted octanol–water partition coefficient (Wildman–Crippen LogP) is 2.56. The minimum atomic E-state index is -0.943. The summed E-state index contributed by atoms with van der Waals surface area (Å²) in [6.45, 7) is 5.92. The number of carboxylic acids is 1. The van der Waals surface area contributed by atoms with E-state index in [0.717, 1.165) is 39.1 Å². The van der Waals surface area contributed by atoms with E-state index in [0.29, 0.717) is 12.4 Å². The van der Waals surface area contributed by atoms with Crippen molar-refractivity contribution in [3.63, 3.8) is 0 Å². The van der Waals surface area contributed by atoms with Gasteiger partial charge in [-0.15, -0.1) is 0 Å². The van der Waals surface area contributed by atoms with Gasteiger partial charge in [0, 0.05) is 19.8 Å². The Kier molecular flexibility index (Phi) is 9.24. The third-order valence-electron chi connectivity index (χ3n) is 2.91. The Morgan fingerprint density at radius 1 is 1.19 bits per heavy atom. The second-order valence-corrected chi connectivity index (χ2v) is 4.75. The first-order chi connectivity index (χ1) is 10.2.